The van der Waals surface area contributed by atoms with Crippen LogP contribution in [0.1, 0.15) is 5.56 Å². The van der Waals surface area contributed by atoms with Crippen LogP contribution in [0.3, 0.4) is 0 Å². The summed E-state index contributed by atoms with van der Waals surface area (Å²) in [6.07, 6.45) is 1.05. The Bertz CT molecular complexity index is 1090. The molecule has 0 spiro atoms. The number of carbonyl (C=O) groups excluding carboxylic acids is 1. The molecule has 3 aromatic rings. The van der Waals surface area contributed by atoms with Gasteiger partial charge in [-0.05, 0) is 17.0 Å². The summed E-state index contributed by atoms with van der Waals surface area (Å²) in [6.45, 7) is -0.0478. The summed E-state index contributed by atoms with van der Waals surface area (Å²) < 4.78 is 4.85. The van der Waals surface area contributed by atoms with Crippen molar-refractivity contribution in [1.82, 2.24) is 5.43 Å². The summed E-state index contributed by atoms with van der Waals surface area (Å²) in [5, 5.41) is 31.8. The highest BCUT2D eigenvalue weighted by atomic mass is 16.6. The van der Waals surface area contributed by atoms with Crippen molar-refractivity contribution in [1.29, 1.82) is 0 Å². The largest absolute Gasteiger partial charge is 0.870 e. The number of ether oxygens (including phenoxy) is 1. The SMILES string of the molecule is COc1cc([N+](=O)[O-])cc(/C=N\NC(=O)CNc2cccc3ccccc23)c1[O-]. The zero-order valence-electron chi connectivity index (χ0n) is 15.4. The van der Waals surface area contributed by atoms with Gasteiger partial charge in [0, 0.05) is 17.1 Å². The van der Waals surface area contributed by atoms with Crippen LogP contribution in [-0.2, 0) is 4.79 Å². The first-order valence-corrected chi connectivity index (χ1v) is 8.56. The summed E-state index contributed by atoms with van der Waals surface area (Å²) in [7, 11) is 1.24. The molecule has 0 aliphatic heterocycles. The van der Waals surface area contributed by atoms with Crippen molar-refractivity contribution >= 4 is 34.3 Å². The number of methoxy groups -OCH3 is 1. The summed E-state index contributed by atoms with van der Waals surface area (Å²) in [5.74, 6) is -1.19. The molecular formula is C20H17N4O5-. The van der Waals surface area contributed by atoms with Gasteiger partial charge in [-0.3, -0.25) is 14.9 Å². The molecule has 2 N–H and O–H groups in total. The third-order valence-corrected chi connectivity index (χ3v) is 4.12. The Labute approximate surface area is 165 Å². The van der Waals surface area contributed by atoms with E-state index in [2.05, 4.69) is 15.8 Å². The molecule has 9 nitrogen and oxygen atoms in total. The first-order chi connectivity index (χ1) is 14.0. The Morgan fingerprint density at radius 1 is 1.21 bits per heavy atom. The number of nitrogens with one attached hydrogen (secondary N) is 2. The van der Waals surface area contributed by atoms with E-state index in [-0.39, 0.29) is 23.5 Å². The lowest BCUT2D eigenvalue weighted by Gasteiger charge is -2.14. The normalized spacial score (nSPS) is 10.8. The Hall–Kier alpha value is -4.14. The Morgan fingerprint density at radius 2 is 1.97 bits per heavy atom. The number of nitrogens with zero attached hydrogens (tertiary/aromatic N) is 2. The molecule has 0 unspecified atom stereocenters. The number of benzene rings is 3. The van der Waals surface area contributed by atoms with Gasteiger partial charge in [-0.15, -0.1) is 0 Å². The molecule has 0 aromatic heterocycles. The summed E-state index contributed by atoms with van der Waals surface area (Å²) in [6, 6.07) is 15.6. The van der Waals surface area contributed by atoms with Gasteiger partial charge in [0.05, 0.1) is 30.9 Å². The van der Waals surface area contributed by atoms with E-state index >= 15 is 0 Å². The Kier molecular flexibility index (Phi) is 5.88. The maximum atomic E-state index is 12.1. The van der Waals surface area contributed by atoms with Crippen LogP contribution in [0.5, 0.6) is 11.5 Å². The summed E-state index contributed by atoms with van der Waals surface area (Å²) >= 11 is 0. The van der Waals surface area contributed by atoms with Gasteiger partial charge in [0.2, 0.25) is 0 Å². The molecule has 0 heterocycles. The molecule has 0 radical (unpaired) electrons. The molecule has 0 saturated heterocycles. The molecule has 29 heavy (non-hydrogen) atoms. The second kappa shape index (κ2) is 8.70. The van der Waals surface area contributed by atoms with Gasteiger partial charge in [-0.25, -0.2) is 5.43 Å². The number of hydrazone groups is 1. The smallest absolute Gasteiger partial charge is 0.273 e. The minimum absolute atomic E-state index is 0.0478. The van der Waals surface area contributed by atoms with Gasteiger partial charge in [-0.1, -0.05) is 42.1 Å². The van der Waals surface area contributed by atoms with E-state index in [1.54, 1.807) is 0 Å². The van der Waals surface area contributed by atoms with Crippen molar-refractivity contribution in [2.24, 2.45) is 5.10 Å². The van der Waals surface area contributed by atoms with Crippen LogP contribution in [0.4, 0.5) is 11.4 Å². The van der Waals surface area contributed by atoms with Gasteiger partial charge in [-0.2, -0.15) is 5.10 Å². The fourth-order valence-electron chi connectivity index (χ4n) is 2.73. The van der Waals surface area contributed by atoms with E-state index in [0.29, 0.717) is 0 Å². The summed E-state index contributed by atoms with van der Waals surface area (Å²) in [4.78, 5) is 22.3. The van der Waals surface area contributed by atoms with Crippen molar-refractivity contribution in [3.05, 3.63) is 70.3 Å². The number of nitro groups is 1. The number of amides is 1. The number of hydrogen-bond acceptors (Lipinski definition) is 7. The Balaban J connectivity index is 1.65. The van der Waals surface area contributed by atoms with Crippen LogP contribution in [0.15, 0.2) is 59.7 Å². The maximum absolute atomic E-state index is 12.1. The highest BCUT2D eigenvalue weighted by Crippen LogP contribution is 2.31. The van der Waals surface area contributed by atoms with E-state index in [1.165, 1.54) is 7.11 Å². The maximum Gasteiger partial charge on any atom is 0.273 e. The second-order valence-electron chi connectivity index (χ2n) is 6.00. The number of hydrogen-bond donors (Lipinski definition) is 2. The van der Waals surface area contributed by atoms with E-state index in [4.69, 9.17) is 4.74 Å². The van der Waals surface area contributed by atoms with Gasteiger partial charge >= 0.3 is 0 Å². The number of fused-ring (bicyclic) bond motifs is 1. The lowest BCUT2D eigenvalue weighted by Crippen LogP contribution is -2.26. The molecule has 0 aliphatic rings. The monoisotopic (exact) mass is 393 g/mol. The molecular weight excluding hydrogens is 376 g/mol. The topological polar surface area (TPSA) is 129 Å². The third kappa shape index (κ3) is 4.59. The quantitative estimate of drug-likeness (QED) is 0.360. The van der Waals surface area contributed by atoms with Gasteiger partial charge in [0.1, 0.15) is 5.75 Å². The minimum atomic E-state index is -0.647. The molecule has 1 amide bonds. The number of nitro benzene ring substituents is 1. The standard InChI is InChI=1S/C20H18N4O5/c1-29-18-10-15(24(27)28)9-14(20(18)26)11-22-23-19(25)12-21-17-8-4-6-13-5-2-3-7-16(13)17/h2-11,21,26H,12H2,1H3,(H,23,25)/p-1/b22-11-. The minimum Gasteiger partial charge on any atom is -0.870 e. The molecule has 148 valence electrons. The highest BCUT2D eigenvalue weighted by Gasteiger charge is 2.11. The lowest BCUT2D eigenvalue weighted by atomic mass is 10.1. The van der Waals surface area contributed by atoms with Crippen LogP contribution >= 0.6 is 0 Å². The van der Waals surface area contributed by atoms with Crippen molar-refractivity contribution in [3.8, 4) is 11.5 Å². The van der Waals surface area contributed by atoms with Crippen molar-refractivity contribution in [2.75, 3.05) is 19.0 Å². The zero-order valence-corrected chi connectivity index (χ0v) is 15.4. The molecule has 0 aliphatic carbocycles. The van der Waals surface area contributed by atoms with Crippen LogP contribution in [0.25, 0.3) is 10.8 Å². The van der Waals surface area contributed by atoms with E-state index < -0.39 is 16.6 Å². The van der Waals surface area contributed by atoms with Crippen molar-refractivity contribution in [2.45, 2.75) is 0 Å². The zero-order chi connectivity index (χ0) is 20.8. The predicted octanol–water partition coefficient (Wildman–Crippen LogP) is 2.39. The van der Waals surface area contributed by atoms with Crippen LogP contribution in [0, 0.1) is 10.1 Å². The van der Waals surface area contributed by atoms with E-state index in [0.717, 1.165) is 34.8 Å². The molecule has 0 fully saturated rings. The molecule has 9 heteroatoms. The average molecular weight is 393 g/mol. The van der Waals surface area contributed by atoms with Gasteiger partial charge < -0.3 is 15.2 Å². The van der Waals surface area contributed by atoms with Crippen LogP contribution in [0.2, 0.25) is 0 Å². The predicted molar refractivity (Wildman–Crippen MR) is 107 cm³/mol. The van der Waals surface area contributed by atoms with Crippen molar-refractivity contribution < 1.29 is 19.6 Å². The number of rotatable bonds is 7. The number of non-ortho nitro benzene ring substituents is 1. The number of carbonyl (C=O) groups is 1. The lowest BCUT2D eigenvalue weighted by molar-refractivity contribution is -0.385. The highest BCUT2D eigenvalue weighted by molar-refractivity contribution is 5.95. The second-order valence-corrected chi connectivity index (χ2v) is 6.00. The van der Waals surface area contributed by atoms with E-state index in [1.807, 2.05) is 42.5 Å². The average Bonchev–Trinajstić information content (AvgIpc) is 2.73. The third-order valence-electron chi connectivity index (χ3n) is 4.12. The molecule has 3 rings (SSSR count). The molecule has 0 saturated carbocycles. The summed E-state index contributed by atoms with van der Waals surface area (Å²) in [5.41, 5.74) is 2.70. The first-order valence-electron chi connectivity index (χ1n) is 8.56. The molecule has 3 aromatic carbocycles. The first kappa shape index (κ1) is 19.6. The number of anilines is 1. The van der Waals surface area contributed by atoms with Crippen molar-refractivity contribution in [3.63, 3.8) is 0 Å². The van der Waals surface area contributed by atoms with Gasteiger partial charge in [0.25, 0.3) is 11.6 Å². The van der Waals surface area contributed by atoms with Crippen LogP contribution in [-0.4, -0.2) is 30.7 Å². The van der Waals surface area contributed by atoms with Gasteiger partial charge in [0.15, 0.2) is 0 Å². The Morgan fingerprint density at radius 3 is 2.72 bits per heavy atom. The molecule has 0 bridgehead atoms. The molecule has 0 atom stereocenters. The fraction of sp³-hybridized carbons (Fsp3) is 0.100. The van der Waals surface area contributed by atoms with E-state index in [9.17, 15) is 20.0 Å². The van der Waals surface area contributed by atoms with Crippen LogP contribution < -0.4 is 20.6 Å². The fourth-order valence-corrected chi connectivity index (χ4v) is 2.73.